The molecule has 0 spiro atoms. The number of likely N-dealkylation sites (tertiary alicyclic amines) is 1. The Bertz CT molecular complexity index is 302. The quantitative estimate of drug-likeness (QED) is 0.686. The second kappa shape index (κ2) is 7.43. The summed E-state index contributed by atoms with van der Waals surface area (Å²) in [5.74, 6) is 0. The molecular weight excluding hydrogens is 260 g/mol. The third-order valence-corrected chi connectivity index (χ3v) is 6.10. The van der Waals surface area contributed by atoms with Gasteiger partial charge in [0.05, 0.1) is 6.61 Å². The summed E-state index contributed by atoms with van der Waals surface area (Å²) < 4.78 is 0. The topological polar surface area (TPSA) is 35.5 Å². The summed E-state index contributed by atoms with van der Waals surface area (Å²) in [7, 11) is 0. The number of nitrogens with zero attached hydrogens (tertiary/aromatic N) is 1. The van der Waals surface area contributed by atoms with Gasteiger partial charge in [0.1, 0.15) is 0 Å². The Morgan fingerprint density at radius 1 is 1.19 bits per heavy atom. The zero-order chi connectivity index (χ0) is 15.3. The minimum Gasteiger partial charge on any atom is -0.394 e. The Labute approximate surface area is 131 Å². The molecule has 1 aliphatic heterocycles. The van der Waals surface area contributed by atoms with Crippen LogP contribution in [0.4, 0.5) is 0 Å². The summed E-state index contributed by atoms with van der Waals surface area (Å²) in [5, 5.41) is 13.3. The number of hydrogen-bond donors (Lipinski definition) is 2. The molecule has 0 aromatic heterocycles. The van der Waals surface area contributed by atoms with Crippen LogP contribution in [-0.2, 0) is 0 Å². The molecule has 21 heavy (non-hydrogen) atoms. The minimum absolute atomic E-state index is 0.0620. The summed E-state index contributed by atoms with van der Waals surface area (Å²) in [6, 6.07) is 0.673. The molecule has 0 aromatic rings. The summed E-state index contributed by atoms with van der Waals surface area (Å²) in [4.78, 5) is 2.64. The van der Waals surface area contributed by atoms with Crippen LogP contribution in [0, 0.1) is 5.41 Å². The fourth-order valence-corrected chi connectivity index (χ4v) is 3.82. The van der Waals surface area contributed by atoms with Crippen molar-refractivity contribution in [3.63, 3.8) is 0 Å². The molecule has 2 fully saturated rings. The van der Waals surface area contributed by atoms with Crippen molar-refractivity contribution < 1.29 is 5.11 Å². The number of hydrogen-bond acceptors (Lipinski definition) is 3. The van der Waals surface area contributed by atoms with Crippen molar-refractivity contribution in [1.29, 1.82) is 0 Å². The highest BCUT2D eigenvalue weighted by Crippen LogP contribution is 2.37. The van der Waals surface area contributed by atoms with Gasteiger partial charge in [0.25, 0.3) is 0 Å². The largest absolute Gasteiger partial charge is 0.394 e. The van der Waals surface area contributed by atoms with E-state index in [1.165, 1.54) is 64.6 Å². The molecule has 0 amide bonds. The first-order valence-electron chi connectivity index (χ1n) is 9.16. The Kier molecular flexibility index (Phi) is 6.10. The van der Waals surface area contributed by atoms with E-state index in [0.29, 0.717) is 11.5 Å². The Morgan fingerprint density at radius 3 is 2.29 bits per heavy atom. The van der Waals surface area contributed by atoms with Crippen molar-refractivity contribution >= 4 is 0 Å². The lowest BCUT2D eigenvalue weighted by Gasteiger charge is -2.41. The molecule has 1 aliphatic carbocycles. The predicted octanol–water partition coefficient (Wildman–Crippen LogP) is 3.17. The Morgan fingerprint density at radius 2 is 1.81 bits per heavy atom. The van der Waals surface area contributed by atoms with Crippen molar-refractivity contribution in [2.24, 2.45) is 5.41 Å². The number of nitrogens with one attached hydrogen (secondary N) is 1. The zero-order valence-electron chi connectivity index (χ0n) is 14.5. The number of aliphatic hydroxyl groups excluding tert-OH is 1. The Balaban J connectivity index is 1.67. The molecule has 1 heterocycles. The number of rotatable bonds is 9. The third-order valence-electron chi connectivity index (χ3n) is 6.10. The van der Waals surface area contributed by atoms with E-state index >= 15 is 0 Å². The minimum atomic E-state index is -0.0620. The van der Waals surface area contributed by atoms with Crippen molar-refractivity contribution in [3.8, 4) is 0 Å². The van der Waals surface area contributed by atoms with Gasteiger partial charge in [-0.1, -0.05) is 26.7 Å². The maximum absolute atomic E-state index is 9.66. The van der Waals surface area contributed by atoms with Gasteiger partial charge < -0.3 is 15.3 Å². The van der Waals surface area contributed by atoms with Crippen LogP contribution in [0.3, 0.4) is 0 Å². The van der Waals surface area contributed by atoms with E-state index in [1.807, 2.05) is 0 Å². The van der Waals surface area contributed by atoms with E-state index in [-0.39, 0.29) is 12.1 Å². The van der Waals surface area contributed by atoms with E-state index in [9.17, 15) is 5.11 Å². The second-order valence-corrected chi connectivity index (χ2v) is 7.79. The highest BCUT2D eigenvalue weighted by Gasteiger charge is 2.33. The lowest BCUT2D eigenvalue weighted by Crippen LogP contribution is -2.47. The average Bonchev–Trinajstić information content (AvgIpc) is 3.32. The van der Waals surface area contributed by atoms with Gasteiger partial charge in [0.2, 0.25) is 0 Å². The van der Waals surface area contributed by atoms with Crippen molar-refractivity contribution in [1.82, 2.24) is 10.2 Å². The molecule has 1 saturated carbocycles. The molecule has 124 valence electrons. The standard InChI is InChI=1S/C18H36N2O/c1-4-18(5-2)10-13-20(14-11-18)12-6-9-17(3,15-21)19-16-7-8-16/h16,19,21H,4-15H2,1-3H3. The maximum Gasteiger partial charge on any atom is 0.0610 e. The SMILES string of the molecule is CCC1(CC)CCN(CCCC(C)(CO)NC2CC2)CC1. The molecule has 0 radical (unpaired) electrons. The third kappa shape index (κ3) is 4.94. The van der Waals surface area contributed by atoms with E-state index in [4.69, 9.17) is 0 Å². The van der Waals surface area contributed by atoms with Gasteiger partial charge in [-0.15, -0.1) is 0 Å². The van der Waals surface area contributed by atoms with Gasteiger partial charge in [0, 0.05) is 11.6 Å². The summed E-state index contributed by atoms with van der Waals surface area (Å²) >= 11 is 0. The molecule has 2 N–H and O–H groups in total. The van der Waals surface area contributed by atoms with Crippen LogP contribution in [0.15, 0.2) is 0 Å². The van der Waals surface area contributed by atoms with Crippen LogP contribution in [0.1, 0.15) is 72.1 Å². The van der Waals surface area contributed by atoms with Gasteiger partial charge in [-0.2, -0.15) is 0 Å². The van der Waals surface area contributed by atoms with Gasteiger partial charge in [-0.3, -0.25) is 0 Å². The molecule has 3 heteroatoms. The van der Waals surface area contributed by atoms with E-state index in [1.54, 1.807) is 0 Å². The lowest BCUT2D eigenvalue weighted by molar-refractivity contribution is 0.0895. The highest BCUT2D eigenvalue weighted by molar-refractivity contribution is 4.92. The predicted molar refractivity (Wildman–Crippen MR) is 89.6 cm³/mol. The zero-order valence-corrected chi connectivity index (χ0v) is 14.5. The van der Waals surface area contributed by atoms with Crippen molar-refractivity contribution in [3.05, 3.63) is 0 Å². The van der Waals surface area contributed by atoms with Crippen LogP contribution in [0.5, 0.6) is 0 Å². The van der Waals surface area contributed by atoms with E-state index in [0.717, 1.165) is 6.42 Å². The van der Waals surface area contributed by atoms with Gasteiger partial charge in [-0.05, 0) is 70.5 Å². The smallest absolute Gasteiger partial charge is 0.0610 e. The maximum atomic E-state index is 9.66. The fourth-order valence-electron chi connectivity index (χ4n) is 3.82. The number of piperidine rings is 1. The molecule has 1 saturated heterocycles. The summed E-state index contributed by atoms with van der Waals surface area (Å²) in [6.07, 6.45) is 10.3. The number of aliphatic hydroxyl groups is 1. The van der Waals surface area contributed by atoms with Gasteiger partial charge >= 0.3 is 0 Å². The van der Waals surface area contributed by atoms with E-state index in [2.05, 4.69) is 31.0 Å². The summed E-state index contributed by atoms with van der Waals surface area (Å²) in [6.45, 7) is 10.9. The first kappa shape index (κ1) is 17.2. The molecule has 2 aliphatic rings. The second-order valence-electron chi connectivity index (χ2n) is 7.79. The molecule has 0 bridgehead atoms. The fraction of sp³-hybridized carbons (Fsp3) is 1.00. The van der Waals surface area contributed by atoms with Crippen molar-refractivity contribution in [2.45, 2.75) is 83.7 Å². The summed E-state index contributed by atoms with van der Waals surface area (Å²) in [5.41, 5.74) is 0.567. The van der Waals surface area contributed by atoms with Crippen LogP contribution < -0.4 is 5.32 Å². The Hall–Kier alpha value is -0.120. The molecule has 0 aromatic carbocycles. The van der Waals surface area contributed by atoms with Crippen molar-refractivity contribution in [2.75, 3.05) is 26.2 Å². The lowest BCUT2D eigenvalue weighted by atomic mass is 9.74. The normalized spacial score (nSPS) is 25.7. The van der Waals surface area contributed by atoms with E-state index < -0.39 is 0 Å². The highest BCUT2D eigenvalue weighted by atomic mass is 16.3. The van der Waals surface area contributed by atoms with Gasteiger partial charge in [0.15, 0.2) is 0 Å². The molecule has 3 nitrogen and oxygen atoms in total. The van der Waals surface area contributed by atoms with Crippen LogP contribution >= 0.6 is 0 Å². The first-order valence-corrected chi connectivity index (χ1v) is 9.16. The molecular formula is C18H36N2O. The van der Waals surface area contributed by atoms with Crippen LogP contribution in [0.2, 0.25) is 0 Å². The monoisotopic (exact) mass is 296 g/mol. The van der Waals surface area contributed by atoms with Crippen LogP contribution in [0.25, 0.3) is 0 Å². The van der Waals surface area contributed by atoms with Crippen LogP contribution in [-0.4, -0.2) is 47.8 Å². The molecule has 1 unspecified atom stereocenters. The average molecular weight is 296 g/mol. The first-order chi connectivity index (χ1) is 10.0. The molecule has 2 rings (SSSR count). The molecule has 1 atom stereocenters. The van der Waals surface area contributed by atoms with Gasteiger partial charge in [-0.25, -0.2) is 0 Å².